The van der Waals surface area contributed by atoms with Gasteiger partial charge in [-0.2, -0.15) is 0 Å². The van der Waals surface area contributed by atoms with Gasteiger partial charge in [-0.15, -0.1) is 11.8 Å². The predicted octanol–water partition coefficient (Wildman–Crippen LogP) is 5.45. The molecule has 5 nitrogen and oxygen atoms in total. The number of rotatable bonds is 10. The van der Waals surface area contributed by atoms with E-state index in [2.05, 4.69) is 22.4 Å². The fourth-order valence-electron chi connectivity index (χ4n) is 3.67. The van der Waals surface area contributed by atoms with E-state index in [1.54, 1.807) is 30.3 Å². The molecule has 8 heteroatoms. The Labute approximate surface area is 212 Å². The molecule has 1 heterocycles. The summed E-state index contributed by atoms with van der Waals surface area (Å²) in [4.78, 5) is 30.3. The zero-order valence-electron chi connectivity index (χ0n) is 19.3. The minimum atomic E-state index is -0.371. The van der Waals surface area contributed by atoms with Crippen LogP contribution in [0.3, 0.4) is 0 Å². The number of aromatic nitrogens is 2. The molecule has 0 radical (unpaired) electrons. The van der Waals surface area contributed by atoms with Gasteiger partial charge in [0, 0.05) is 11.1 Å². The van der Waals surface area contributed by atoms with Crippen LogP contribution in [0.5, 0.6) is 0 Å². The predicted molar refractivity (Wildman–Crippen MR) is 143 cm³/mol. The molecule has 1 atom stereocenters. The third-order valence-corrected chi connectivity index (χ3v) is 7.59. The van der Waals surface area contributed by atoms with Gasteiger partial charge in [-0.3, -0.25) is 14.2 Å². The van der Waals surface area contributed by atoms with Crippen molar-refractivity contribution in [2.75, 3.05) is 10.8 Å². The van der Waals surface area contributed by atoms with Gasteiger partial charge in [0.05, 0.1) is 22.3 Å². The number of hydrogen-bond acceptors (Lipinski definition) is 5. The van der Waals surface area contributed by atoms with Crippen LogP contribution in [0.2, 0.25) is 0 Å². The number of thioether (sulfide) groups is 2. The van der Waals surface area contributed by atoms with Gasteiger partial charge < -0.3 is 5.32 Å². The second-order valence-corrected chi connectivity index (χ2v) is 10.4. The molecule has 1 unspecified atom stereocenters. The maximum atomic E-state index is 13.5. The molecule has 0 saturated carbocycles. The van der Waals surface area contributed by atoms with Crippen molar-refractivity contribution in [1.29, 1.82) is 0 Å². The van der Waals surface area contributed by atoms with Crippen LogP contribution >= 0.6 is 23.5 Å². The molecule has 0 saturated heterocycles. The van der Waals surface area contributed by atoms with E-state index in [9.17, 15) is 14.0 Å². The summed E-state index contributed by atoms with van der Waals surface area (Å²) in [5.41, 5.74) is 2.20. The maximum Gasteiger partial charge on any atom is 0.266 e. The molecule has 1 N–H and O–H groups in total. The first-order valence-electron chi connectivity index (χ1n) is 11.3. The average Bonchev–Trinajstić information content (AvgIpc) is 2.87. The van der Waals surface area contributed by atoms with Gasteiger partial charge in [0.15, 0.2) is 5.16 Å². The Bertz CT molecular complexity index is 1340. The molecular formula is C27H26FN3O2S2. The molecule has 4 rings (SSSR count). The zero-order valence-corrected chi connectivity index (χ0v) is 20.9. The molecule has 4 aromatic rings. The Morgan fingerprint density at radius 3 is 2.51 bits per heavy atom. The summed E-state index contributed by atoms with van der Waals surface area (Å²) < 4.78 is 15.0. The van der Waals surface area contributed by atoms with E-state index in [1.165, 1.54) is 45.8 Å². The molecule has 0 bridgehead atoms. The molecule has 0 fully saturated rings. The normalized spacial score (nSPS) is 11.9. The largest absolute Gasteiger partial charge is 0.353 e. The van der Waals surface area contributed by atoms with Crippen molar-refractivity contribution in [2.45, 2.75) is 31.0 Å². The first kappa shape index (κ1) is 25.0. The van der Waals surface area contributed by atoms with Crippen molar-refractivity contribution in [3.8, 4) is 5.69 Å². The molecule has 0 spiro atoms. The van der Waals surface area contributed by atoms with Crippen LogP contribution in [0.4, 0.5) is 4.39 Å². The van der Waals surface area contributed by atoms with Crippen LogP contribution < -0.4 is 10.9 Å². The van der Waals surface area contributed by atoms with E-state index >= 15 is 0 Å². The number of para-hydroxylation sites is 1. The number of hydrogen-bond donors (Lipinski definition) is 1. The summed E-state index contributed by atoms with van der Waals surface area (Å²) in [5, 5.41) is 4.59. The Morgan fingerprint density at radius 1 is 1.03 bits per heavy atom. The third kappa shape index (κ3) is 6.74. The Balaban J connectivity index is 1.36. The highest BCUT2D eigenvalue weighted by Crippen LogP contribution is 2.24. The average molecular weight is 508 g/mol. The van der Waals surface area contributed by atoms with Crippen molar-refractivity contribution in [2.24, 2.45) is 0 Å². The minimum Gasteiger partial charge on any atom is -0.353 e. The highest BCUT2D eigenvalue weighted by molar-refractivity contribution is 8.16. The molecule has 1 aromatic heterocycles. The highest BCUT2D eigenvalue weighted by Gasteiger charge is 2.14. The van der Waals surface area contributed by atoms with Gasteiger partial charge >= 0.3 is 0 Å². The molecule has 0 aliphatic carbocycles. The van der Waals surface area contributed by atoms with Crippen molar-refractivity contribution in [3.05, 3.63) is 101 Å². The molecule has 3 aromatic carbocycles. The summed E-state index contributed by atoms with van der Waals surface area (Å²) >= 11 is 2.85. The van der Waals surface area contributed by atoms with E-state index in [1.807, 2.05) is 31.2 Å². The molecule has 0 aliphatic heterocycles. The van der Waals surface area contributed by atoms with Crippen molar-refractivity contribution in [1.82, 2.24) is 14.9 Å². The Kier molecular flexibility index (Phi) is 8.60. The van der Waals surface area contributed by atoms with Crippen LogP contribution in [-0.4, -0.2) is 32.3 Å². The van der Waals surface area contributed by atoms with E-state index < -0.39 is 0 Å². The smallest absolute Gasteiger partial charge is 0.266 e. The van der Waals surface area contributed by atoms with Crippen molar-refractivity contribution in [3.63, 3.8) is 0 Å². The monoisotopic (exact) mass is 507 g/mol. The summed E-state index contributed by atoms with van der Waals surface area (Å²) in [5.74, 6) is -0.0697. The number of amides is 1. The molecule has 180 valence electrons. The minimum absolute atomic E-state index is 0.0152. The summed E-state index contributed by atoms with van der Waals surface area (Å²) in [6.07, 6.45) is 1.79. The topological polar surface area (TPSA) is 64.0 Å². The van der Waals surface area contributed by atoms with E-state index in [0.29, 0.717) is 32.6 Å². The number of nitrogens with one attached hydrogen (secondary N) is 1. The standard InChI is InChI=1S/C27H26FN3O2S2/c1-19(11-12-20-7-3-2-4-8-20)29-25(32)17-34-18-35-27-30-24-10-6-5-9-23(24)26(33)31(27)22-15-13-21(28)14-16-22/h2-10,13-16,19H,11-12,17-18H2,1H3,(H,29,32). The summed E-state index contributed by atoms with van der Waals surface area (Å²) in [6.45, 7) is 2.01. The van der Waals surface area contributed by atoms with Crippen LogP contribution in [0.1, 0.15) is 18.9 Å². The SMILES string of the molecule is CC(CCc1ccccc1)NC(=O)CSCSc1nc2ccccc2c(=O)n1-c1ccc(F)cc1. The first-order valence-corrected chi connectivity index (χ1v) is 13.5. The van der Waals surface area contributed by atoms with E-state index in [0.717, 1.165) is 12.8 Å². The fraction of sp³-hybridized carbons (Fsp3) is 0.222. The fourth-order valence-corrected chi connectivity index (χ4v) is 5.51. The number of aryl methyl sites for hydroxylation is 1. The second kappa shape index (κ2) is 12.0. The quantitative estimate of drug-likeness (QED) is 0.134. The van der Waals surface area contributed by atoms with Gasteiger partial charge in [-0.1, -0.05) is 54.2 Å². The molecular weight excluding hydrogens is 481 g/mol. The summed E-state index contributed by atoms with van der Waals surface area (Å²) in [6, 6.07) is 23.2. The van der Waals surface area contributed by atoms with Gasteiger partial charge in [-0.25, -0.2) is 9.37 Å². The second-order valence-electron chi connectivity index (χ2n) is 8.13. The lowest BCUT2D eigenvalue weighted by Crippen LogP contribution is -2.34. The van der Waals surface area contributed by atoms with Crippen LogP contribution in [0.15, 0.2) is 88.8 Å². The van der Waals surface area contributed by atoms with Gasteiger partial charge in [0.1, 0.15) is 5.82 Å². The summed E-state index contributed by atoms with van der Waals surface area (Å²) in [7, 11) is 0. The van der Waals surface area contributed by atoms with Gasteiger partial charge in [-0.05, 0) is 61.7 Å². The number of halogens is 1. The number of benzene rings is 3. The lowest BCUT2D eigenvalue weighted by molar-refractivity contribution is -0.119. The van der Waals surface area contributed by atoms with Crippen LogP contribution in [-0.2, 0) is 11.2 Å². The number of nitrogens with zero attached hydrogens (tertiary/aromatic N) is 2. The Hall–Kier alpha value is -3.10. The van der Waals surface area contributed by atoms with Gasteiger partial charge in [0.25, 0.3) is 5.56 Å². The van der Waals surface area contributed by atoms with E-state index in [-0.39, 0.29) is 23.3 Å². The Morgan fingerprint density at radius 2 is 1.74 bits per heavy atom. The van der Waals surface area contributed by atoms with E-state index in [4.69, 9.17) is 0 Å². The van der Waals surface area contributed by atoms with Crippen molar-refractivity contribution < 1.29 is 9.18 Å². The molecule has 1 amide bonds. The lowest BCUT2D eigenvalue weighted by Gasteiger charge is -2.14. The van der Waals surface area contributed by atoms with Crippen LogP contribution in [0, 0.1) is 5.82 Å². The third-order valence-electron chi connectivity index (χ3n) is 5.45. The lowest BCUT2D eigenvalue weighted by atomic mass is 10.1. The maximum absolute atomic E-state index is 13.5. The van der Waals surface area contributed by atoms with Crippen LogP contribution in [0.25, 0.3) is 16.6 Å². The molecule has 35 heavy (non-hydrogen) atoms. The van der Waals surface area contributed by atoms with Crippen molar-refractivity contribution >= 4 is 40.3 Å². The first-order chi connectivity index (χ1) is 17.0. The number of carbonyl (C=O) groups excluding carboxylic acids is 1. The number of carbonyl (C=O) groups is 1. The van der Waals surface area contributed by atoms with Gasteiger partial charge in [0.2, 0.25) is 5.91 Å². The number of fused-ring (bicyclic) bond motifs is 1. The zero-order chi connectivity index (χ0) is 24.6. The highest BCUT2D eigenvalue weighted by atomic mass is 32.2. The molecule has 0 aliphatic rings.